The molecule has 136 valence electrons. The number of methoxy groups -OCH3 is 1. The number of hydrogen-bond donors (Lipinski definition) is 1. The molecular formula is C20H18N4O3. The Bertz CT molecular complexity index is 1030. The number of fused-ring (bicyclic) bond motifs is 1. The fourth-order valence-electron chi connectivity index (χ4n) is 3.14. The van der Waals surface area contributed by atoms with Gasteiger partial charge in [-0.25, -0.2) is 4.98 Å². The number of benzene rings is 2. The van der Waals surface area contributed by atoms with Crippen molar-refractivity contribution >= 4 is 34.2 Å². The van der Waals surface area contributed by atoms with Gasteiger partial charge < -0.3 is 15.0 Å². The number of rotatable bonds is 4. The molecule has 1 aliphatic heterocycles. The summed E-state index contributed by atoms with van der Waals surface area (Å²) < 4.78 is 5.42. The lowest BCUT2D eigenvalue weighted by molar-refractivity contribution is -0.117. The van der Waals surface area contributed by atoms with E-state index in [9.17, 15) is 9.59 Å². The first kappa shape index (κ1) is 17.0. The molecule has 27 heavy (non-hydrogen) atoms. The predicted octanol–water partition coefficient (Wildman–Crippen LogP) is 3.02. The van der Waals surface area contributed by atoms with Crippen LogP contribution in [0.15, 0.2) is 48.7 Å². The highest BCUT2D eigenvalue weighted by Gasteiger charge is 2.24. The van der Waals surface area contributed by atoms with Crippen LogP contribution in [0.5, 0.6) is 5.75 Å². The average molecular weight is 362 g/mol. The van der Waals surface area contributed by atoms with Crippen LogP contribution < -0.4 is 15.0 Å². The van der Waals surface area contributed by atoms with E-state index in [1.165, 1.54) is 6.20 Å². The van der Waals surface area contributed by atoms with Crippen molar-refractivity contribution in [3.63, 3.8) is 0 Å². The number of hydrogen-bond acceptors (Lipinski definition) is 5. The molecule has 0 bridgehead atoms. The number of anilines is 2. The summed E-state index contributed by atoms with van der Waals surface area (Å²) >= 11 is 0. The molecule has 4 rings (SSSR count). The smallest absolute Gasteiger partial charge is 0.275 e. The number of para-hydroxylation sites is 2. The van der Waals surface area contributed by atoms with Gasteiger partial charge in [-0.15, -0.1) is 0 Å². The van der Waals surface area contributed by atoms with E-state index in [1.807, 2.05) is 24.3 Å². The van der Waals surface area contributed by atoms with E-state index in [-0.39, 0.29) is 17.5 Å². The van der Waals surface area contributed by atoms with Crippen molar-refractivity contribution in [3.8, 4) is 5.75 Å². The summed E-state index contributed by atoms with van der Waals surface area (Å²) in [4.78, 5) is 34.8. The second kappa shape index (κ2) is 7.03. The monoisotopic (exact) mass is 362 g/mol. The van der Waals surface area contributed by atoms with Gasteiger partial charge in [0.05, 0.1) is 30.0 Å². The van der Waals surface area contributed by atoms with Crippen molar-refractivity contribution in [2.75, 3.05) is 23.9 Å². The first-order valence-corrected chi connectivity index (χ1v) is 8.67. The molecule has 3 aromatic rings. The molecule has 1 aromatic heterocycles. The average Bonchev–Trinajstić information content (AvgIpc) is 3.13. The van der Waals surface area contributed by atoms with Gasteiger partial charge in [-0.2, -0.15) is 0 Å². The largest absolute Gasteiger partial charge is 0.494 e. The molecule has 0 spiro atoms. The third kappa shape index (κ3) is 3.31. The molecule has 1 N–H and O–H groups in total. The zero-order valence-corrected chi connectivity index (χ0v) is 14.8. The maximum Gasteiger partial charge on any atom is 0.275 e. The minimum absolute atomic E-state index is 0.0801. The maximum atomic E-state index is 12.5. The molecule has 1 fully saturated rings. The Labute approximate surface area is 156 Å². The Morgan fingerprint density at radius 3 is 2.74 bits per heavy atom. The van der Waals surface area contributed by atoms with Crippen LogP contribution in [0.2, 0.25) is 0 Å². The van der Waals surface area contributed by atoms with Crippen LogP contribution in [-0.2, 0) is 4.79 Å². The Balaban J connectivity index is 1.57. The van der Waals surface area contributed by atoms with E-state index >= 15 is 0 Å². The van der Waals surface area contributed by atoms with E-state index in [0.29, 0.717) is 35.6 Å². The van der Waals surface area contributed by atoms with Gasteiger partial charge >= 0.3 is 0 Å². The summed E-state index contributed by atoms with van der Waals surface area (Å²) in [5, 5.41) is 2.80. The lowest BCUT2D eigenvalue weighted by atomic mass is 10.2. The van der Waals surface area contributed by atoms with Gasteiger partial charge in [0.1, 0.15) is 11.4 Å². The van der Waals surface area contributed by atoms with Crippen molar-refractivity contribution in [1.29, 1.82) is 0 Å². The number of carbonyl (C=O) groups is 2. The van der Waals surface area contributed by atoms with Gasteiger partial charge in [-0.3, -0.25) is 14.6 Å². The molecule has 1 saturated heterocycles. The summed E-state index contributed by atoms with van der Waals surface area (Å²) in [5.41, 5.74) is 2.89. The highest BCUT2D eigenvalue weighted by atomic mass is 16.5. The zero-order chi connectivity index (χ0) is 18.8. The number of ether oxygens (including phenoxy) is 1. The minimum atomic E-state index is -0.361. The summed E-state index contributed by atoms with van der Waals surface area (Å²) in [6.45, 7) is 0.674. The normalized spacial score (nSPS) is 13.8. The maximum absolute atomic E-state index is 12.5. The Morgan fingerprint density at radius 2 is 2.00 bits per heavy atom. The Hall–Kier alpha value is -3.48. The van der Waals surface area contributed by atoms with Gasteiger partial charge in [0.2, 0.25) is 5.91 Å². The van der Waals surface area contributed by atoms with Crippen LogP contribution in [0.1, 0.15) is 23.3 Å². The van der Waals surface area contributed by atoms with E-state index < -0.39 is 0 Å². The molecule has 0 aliphatic carbocycles. The lowest BCUT2D eigenvalue weighted by Crippen LogP contribution is -2.24. The van der Waals surface area contributed by atoms with E-state index in [0.717, 1.165) is 11.9 Å². The van der Waals surface area contributed by atoms with Gasteiger partial charge in [0, 0.05) is 24.7 Å². The summed E-state index contributed by atoms with van der Waals surface area (Å²) in [5.74, 6) is 0.254. The van der Waals surface area contributed by atoms with E-state index in [1.54, 1.807) is 30.2 Å². The fraction of sp³-hybridized carbons (Fsp3) is 0.200. The second-order valence-corrected chi connectivity index (χ2v) is 6.23. The third-order valence-corrected chi connectivity index (χ3v) is 4.48. The molecule has 0 radical (unpaired) electrons. The van der Waals surface area contributed by atoms with Gasteiger partial charge in [-0.1, -0.05) is 12.1 Å². The number of carbonyl (C=O) groups excluding carboxylic acids is 2. The van der Waals surface area contributed by atoms with Crippen LogP contribution in [0.3, 0.4) is 0 Å². The van der Waals surface area contributed by atoms with Crippen molar-refractivity contribution in [3.05, 3.63) is 54.4 Å². The number of nitrogens with zero attached hydrogens (tertiary/aromatic N) is 3. The number of amides is 2. The van der Waals surface area contributed by atoms with Gasteiger partial charge in [0.15, 0.2) is 0 Å². The summed E-state index contributed by atoms with van der Waals surface area (Å²) in [6, 6.07) is 12.6. The van der Waals surface area contributed by atoms with Crippen molar-refractivity contribution in [2.45, 2.75) is 12.8 Å². The topological polar surface area (TPSA) is 84.4 Å². The number of aromatic nitrogens is 2. The van der Waals surface area contributed by atoms with Crippen LogP contribution in [-0.4, -0.2) is 35.4 Å². The SMILES string of the molecule is COc1cc(NC(=O)c2cnc3ccccc3n2)ccc1N1CCCC1=O. The van der Waals surface area contributed by atoms with Gasteiger partial charge in [0.25, 0.3) is 5.91 Å². The van der Waals surface area contributed by atoms with Crippen molar-refractivity contribution in [2.24, 2.45) is 0 Å². The lowest BCUT2D eigenvalue weighted by Gasteiger charge is -2.19. The highest BCUT2D eigenvalue weighted by Crippen LogP contribution is 2.33. The molecule has 0 saturated carbocycles. The molecule has 2 amide bonds. The van der Waals surface area contributed by atoms with E-state index in [2.05, 4.69) is 15.3 Å². The van der Waals surface area contributed by atoms with Crippen LogP contribution in [0.4, 0.5) is 11.4 Å². The second-order valence-electron chi connectivity index (χ2n) is 6.23. The zero-order valence-electron chi connectivity index (χ0n) is 14.8. The summed E-state index contributed by atoms with van der Waals surface area (Å²) in [6.07, 6.45) is 2.83. The molecule has 1 aliphatic rings. The molecule has 0 atom stereocenters. The van der Waals surface area contributed by atoms with Crippen molar-refractivity contribution < 1.29 is 14.3 Å². The highest BCUT2D eigenvalue weighted by molar-refractivity contribution is 6.04. The quantitative estimate of drug-likeness (QED) is 0.771. The third-order valence-electron chi connectivity index (χ3n) is 4.48. The van der Waals surface area contributed by atoms with Crippen LogP contribution in [0, 0.1) is 0 Å². The minimum Gasteiger partial charge on any atom is -0.494 e. The first-order chi connectivity index (χ1) is 13.2. The Morgan fingerprint density at radius 1 is 1.19 bits per heavy atom. The van der Waals surface area contributed by atoms with E-state index in [4.69, 9.17) is 4.74 Å². The molecular weight excluding hydrogens is 344 g/mol. The molecule has 7 nitrogen and oxygen atoms in total. The Kier molecular flexibility index (Phi) is 4.42. The first-order valence-electron chi connectivity index (χ1n) is 8.67. The van der Waals surface area contributed by atoms with Crippen molar-refractivity contribution in [1.82, 2.24) is 9.97 Å². The molecule has 2 heterocycles. The van der Waals surface area contributed by atoms with Crippen LogP contribution in [0.25, 0.3) is 11.0 Å². The number of nitrogens with one attached hydrogen (secondary N) is 1. The standard InChI is InChI=1S/C20H18N4O3/c1-27-18-11-13(8-9-17(18)24-10-4-7-19(24)25)22-20(26)16-12-21-14-5-2-3-6-15(14)23-16/h2-3,5-6,8-9,11-12H,4,7,10H2,1H3,(H,22,26). The fourth-order valence-corrected chi connectivity index (χ4v) is 3.14. The van der Waals surface area contributed by atoms with Gasteiger partial charge in [-0.05, 0) is 30.7 Å². The molecule has 2 aromatic carbocycles. The summed E-state index contributed by atoms with van der Waals surface area (Å²) in [7, 11) is 1.54. The predicted molar refractivity (Wildman–Crippen MR) is 102 cm³/mol. The van der Waals surface area contributed by atoms with Crippen LogP contribution >= 0.6 is 0 Å². The molecule has 0 unspecified atom stereocenters. The molecule has 7 heteroatoms.